The van der Waals surface area contributed by atoms with Crippen molar-refractivity contribution < 1.29 is 24.2 Å². The molecule has 0 aliphatic heterocycles. The fourth-order valence-corrected chi connectivity index (χ4v) is 4.54. The summed E-state index contributed by atoms with van der Waals surface area (Å²) in [6.45, 7) is 2.68. The van der Waals surface area contributed by atoms with Crippen LogP contribution in [0.5, 0.6) is 0 Å². The van der Waals surface area contributed by atoms with E-state index in [1.807, 2.05) is 12.3 Å². The molecule has 1 N–H and O–H groups in total. The molecule has 1 amide bonds. The smallest absolute Gasteiger partial charge is 0.340 e. The first-order chi connectivity index (χ1) is 15.6. The molecule has 0 atom stereocenters. The number of esters is 1. The predicted octanol–water partition coefficient (Wildman–Crippen LogP) is 4.52. The molecule has 3 rings (SSSR count). The van der Waals surface area contributed by atoms with Gasteiger partial charge in [-0.05, 0) is 26.0 Å². The van der Waals surface area contributed by atoms with Gasteiger partial charge in [0.15, 0.2) is 10.9 Å². The molecule has 0 fully saturated rings. The summed E-state index contributed by atoms with van der Waals surface area (Å²) in [4.78, 5) is 50.5. The first-order valence-corrected chi connectivity index (χ1v) is 10.9. The maximum absolute atomic E-state index is 12.6. The van der Waals surface area contributed by atoms with Crippen molar-refractivity contribution in [3.8, 4) is 0 Å². The third kappa shape index (κ3) is 6.11. The van der Waals surface area contributed by atoms with E-state index in [1.54, 1.807) is 6.92 Å². The molecule has 0 aliphatic carbocycles. The number of amides is 1. The Hall–Kier alpha value is -3.84. The number of anilines is 1. The minimum Gasteiger partial charge on any atom is -0.452 e. The van der Waals surface area contributed by atoms with Gasteiger partial charge in [-0.1, -0.05) is 17.8 Å². The molecular formula is C20H16N4O7S2. The molecule has 0 radical (unpaired) electrons. The van der Waals surface area contributed by atoms with Crippen LogP contribution >= 0.6 is 23.1 Å². The van der Waals surface area contributed by atoms with Gasteiger partial charge in [0, 0.05) is 45.4 Å². The molecule has 170 valence electrons. The Morgan fingerprint density at radius 3 is 2.52 bits per heavy atom. The molecule has 33 heavy (non-hydrogen) atoms. The number of thiazole rings is 1. The van der Waals surface area contributed by atoms with Crippen molar-refractivity contribution in [3.05, 3.63) is 78.8 Å². The standard InChI is InChI=1S/C20H16N4O7S2/c1-11-3-4-13(7-16(11)24(29)30)22-18(25)9-31-19(26)15-8-14(23(27)28)5-6-17(15)33-20-21-12(2)10-32-20/h3-8,10H,9H2,1-2H3,(H,22,25). The fourth-order valence-electron chi connectivity index (χ4n) is 2.64. The van der Waals surface area contributed by atoms with E-state index < -0.39 is 28.3 Å². The number of benzene rings is 2. The van der Waals surface area contributed by atoms with Gasteiger partial charge in [-0.2, -0.15) is 0 Å². The number of aromatic nitrogens is 1. The number of nitro benzene ring substituents is 2. The van der Waals surface area contributed by atoms with Gasteiger partial charge in [0.25, 0.3) is 17.3 Å². The molecule has 1 aromatic heterocycles. The van der Waals surface area contributed by atoms with Gasteiger partial charge in [-0.15, -0.1) is 11.3 Å². The lowest BCUT2D eigenvalue weighted by Crippen LogP contribution is -2.21. The van der Waals surface area contributed by atoms with Gasteiger partial charge >= 0.3 is 5.97 Å². The minimum absolute atomic E-state index is 0.0826. The van der Waals surface area contributed by atoms with Gasteiger partial charge in [0.1, 0.15) is 0 Å². The van der Waals surface area contributed by atoms with Crippen LogP contribution in [-0.4, -0.2) is 33.3 Å². The summed E-state index contributed by atoms with van der Waals surface area (Å²) in [5, 5.41) is 26.4. The molecule has 3 aromatic rings. The lowest BCUT2D eigenvalue weighted by Gasteiger charge is -2.09. The zero-order valence-corrected chi connectivity index (χ0v) is 18.9. The second kappa shape index (κ2) is 10.2. The largest absolute Gasteiger partial charge is 0.452 e. The molecule has 13 heteroatoms. The molecule has 0 unspecified atom stereocenters. The number of nitro groups is 2. The molecule has 0 bridgehead atoms. The number of hydrogen-bond acceptors (Lipinski definition) is 10. The monoisotopic (exact) mass is 488 g/mol. The first kappa shape index (κ1) is 23.8. The van der Waals surface area contributed by atoms with E-state index in [4.69, 9.17) is 4.74 Å². The van der Waals surface area contributed by atoms with Crippen LogP contribution in [0.15, 0.2) is 51.0 Å². The Morgan fingerprint density at radius 2 is 1.88 bits per heavy atom. The maximum Gasteiger partial charge on any atom is 0.340 e. The summed E-state index contributed by atoms with van der Waals surface area (Å²) < 4.78 is 5.68. The molecular weight excluding hydrogens is 472 g/mol. The first-order valence-electron chi connectivity index (χ1n) is 9.24. The SMILES string of the molecule is Cc1csc(Sc2ccc([N+](=O)[O-])cc2C(=O)OCC(=O)Nc2ccc(C)c([N+](=O)[O-])c2)n1. The molecule has 0 saturated carbocycles. The molecule has 0 aliphatic rings. The van der Waals surface area contributed by atoms with E-state index in [-0.39, 0.29) is 22.6 Å². The second-order valence-electron chi connectivity index (χ2n) is 6.68. The van der Waals surface area contributed by atoms with Crippen molar-refractivity contribution in [1.82, 2.24) is 4.98 Å². The summed E-state index contributed by atoms with van der Waals surface area (Å²) in [5.41, 5.74) is 0.829. The van der Waals surface area contributed by atoms with Crippen LogP contribution in [0.4, 0.5) is 17.1 Å². The highest BCUT2D eigenvalue weighted by Crippen LogP contribution is 2.34. The van der Waals surface area contributed by atoms with Crippen molar-refractivity contribution in [2.24, 2.45) is 0 Å². The number of non-ortho nitro benzene ring substituents is 1. The van der Waals surface area contributed by atoms with E-state index in [0.29, 0.717) is 14.8 Å². The number of hydrogen-bond donors (Lipinski definition) is 1. The average Bonchev–Trinajstić information content (AvgIpc) is 3.17. The summed E-state index contributed by atoms with van der Waals surface area (Å²) in [7, 11) is 0. The lowest BCUT2D eigenvalue weighted by atomic mass is 10.2. The van der Waals surface area contributed by atoms with Crippen molar-refractivity contribution >= 4 is 52.0 Å². The summed E-state index contributed by atoms with van der Waals surface area (Å²) in [6.07, 6.45) is 0. The van der Waals surface area contributed by atoms with Crippen LogP contribution in [0.25, 0.3) is 0 Å². The number of carbonyl (C=O) groups excluding carboxylic acids is 2. The zero-order valence-electron chi connectivity index (χ0n) is 17.3. The number of ether oxygens (including phenoxy) is 1. The Labute approximate surface area is 195 Å². The predicted molar refractivity (Wildman–Crippen MR) is 121 cm³/mol. The van der Waals surface area contributed by atoms with Crippen molar-refractivity contribution in [3.63, 3.8) is 0 Å². The number of rotatable bonds is 8. The van der Waals surface area contributed by atoms with Crippen LogP contribution in [0.2, 0.25) is 0 Å². The van der Waals surface area contributed by atoms with Crippen molar-refractivity contribution in [2.45, 2.75) is 23.1 Å². The molecule has 1 heterocycles. The van der Waals surface area contributed by atoms with E-state index in [1.165, 1.54) is 41.7 Å². The third-order valence-corrected chi connectivity index (χ3v) is 6.35. The second-order valence-corrected chi connectivity index (χ2v) is 8.82. The third-order valence-electron chi connectivity index (χ3n) is 4.21. The highest BCUT2D eigenvalue weighted by atomic mass is 32.2. The van der Waals surface area contributed by atoms with E-state index in [0.717, 1.165) is 23.5 Å². The van der Waals surface area contributed by atoms with Gasteiger partial charge in [0.05, 0.1) is 15.4 Å². The van der Waals surface area contributed by atoms with Gasteiger partial charge in [-0.3, -0.25) is 25.0 Å². The van der Waals surface area contributed by atoms with E-state index in [2.05, 4.69) is 10.3 Å². The molecule has 11 nitrogen and oxygen atoms in total. The van der Waals surface area contributed by atoms with Crippen LogP contribution in [0.3, 0.4) is 0 Å². The van der Waals surface area contributed by atoms with Crippen LogP contribution < -0.4 is 5.32 Å². The Kier molecular flexibility index (Phi) is 7.35. The maximum atomic E-state index is 12.6. The van der Waals surface area contributed by atoms with Gasteiger partial charge < -0.3 is 10.1 Å². The van der Waals surface area contributed by atoms with Gasteiger partial charge in [-0.25, -0.2) is 9.78 Å². The normalized spacial score (nSPS) is 10.5. The lowest BCUT2D eigenvalue weighted by molar-refractivity contribution is -0.385. The van der Waals surface area contributed by atoms with Crippen LogP contribution in [0, 0.1) is 34.1 Å². The molecule has 2 aromatic carbocycles. The number of nitrogens with one attached hydrogen (secondary N) is 1. The Morgan fingerprint density at radius 1 is 1.12 bits per heavy atom. The van der Waals surface area contributed by atoms with Gasteiger partial charge in [0.2, 0.25) is 0 Å². The number of carbonyl (C=O) groups is 2. The highest BCUT2D eigenvalue weighted by molar-refractivity contribution is 8.01. The Bertz CT molecular complexity index is 1260. The topological polar surface area (TPSA) is 155 Å². The number of aryl methyl sites for hydroxylation is 2. The van der Waals surface area contributed by atoms with Crippen LogP contribution in [0.1, 0.15) is 21.6 Å². The van der Waals surface area contributed by atoms with Crippen molar-refractivity contribution in [1.29, 1.82) is 0 Å². The molecule has 0 saturated heterocycles. The van der Waals surface area contributed by atoms with E-state index in [9.17, 15) is 29.8 Å². The van der Waals surface area contributed by atoms with E-state index >= 15 is 0 Å². The number of nitrogens with zero attached hydrogens (tertiary/aromatic N) is 3. The highest BCUT2D eigenvalue weighted by Gasteiger charge is 2.21. The van der Waals surface area contributed by atoms with Crippen LogP contribution in [-0.2, 0) is 9.53 Å². The molecule has 0 spiro atoms. The minimum atomic E-state index is -0.931. The summed E-state index contributed by atoms with van der Waals surface area (Å²) in [5.74, 6) is -1.66. The summed E-state index contributed by atoms with van der Waals surface area (Å²) >= 11 is 2.50. The Balaban J connectivity index is 1.73. The quantitative estimate of drug-likeness (QED) is 0.274. The van der Waals surface area contributed by atoms with Crippen molar-refractivity contribution in [2.75, 3.05) is 11.9 Å². The zero-order chi connectivity index (χ0) is 24.1. The fraction of sp³-hybridized carbons (Fsp3) is 0.150. The summed E-state index contributed by atoms with van der Waals surface area (Å²) in [6, 6.07) is 7.91. The average molecular weight is 489 g/mol.